The Bertz CT molecular complexity index is 1070. The van der Waals surface area contributed by atoms with Gasteiger partial charge in [0.05, 0.1) is 12.6 Å². The van der Waals surface area contributed by atoms with Crippen LogP contribution in [-0.2, 0) is 16.0 Å². The van der Waals surface area contributed by atoms with Gasteiger partial charge in [0.2, 0.25) is 11.8 Å². The van der Waals surface area contributed by atoms with Crippen molar-refractivity contribution in [2.75, 3.05) is 26.8 Å². The van der Waals surface area contributed by atoms with Crippen molar-refractivity contribution < 1.29 is 14.7 Å². The minimum atomic E-state index is -0.375. The summed E-state index contributed by atoms with van der Waals surface area (Å²) in [5.74, 6) is 1.06. The van der Waals surface area contributed by atoms with Crippen LogP contribution in [0.4, 0.5) is 0 Å². The van der Waals surface area contributed by atoms with Crippen LogP contribution in [0.25, 0.3) is 0 Å². The van der Waals surface area contributed by atoms with E-state index in [2.05, 4.69) is 39.9 Å². The first-order chi connectivity index (χ1) is 21.2. The maximum atomic E-state index is 12.2. The molecular formula is C34H56N6O4. The Morgan fingerprint density at radius 3 is 2.30 bits per heavy atom. The molecule has 0 radical (unpaired) electrons. The molecule has 1 aromatic carbocycles. The Morgan fingerprint density at radius 2 is 1.80 bits per heavy atom. The molecule has 10 nitrogen and oxygen atoms in total. The van der Waals surface area contributed by atoms with Crippen molar-refractivity contribution in [1.29, 1.82) is 0 Å². The second kappa shape index (κ2) is 22.2. The number of likely N-dealkylation sites (N-methyl/N-ethyl adjacent to an activating group) is 1. The van der Waals surface area contributed by atoms with Crippen molar-refractivity contribution >= 4 is 11.8 Å². The van der Waals surface area contributed by atoms with E-state index in [0.29, 0.717) is 11.7 Å². The minimum absolute atomic E-state index is 0.0502. The Kier molecular flexibility index (Phi) is 19.5. The monoisotopic (exact) mass is 612 g/mol. The van der Waals surface area contributed by atoms with Gasteiger partial charge in [0.1, 0.15) is 5.75 Å². The molecule has 4 rings (SSSR count). The number of amides is 2. The smallest absolute Gasteiger partial charge is 0.241 e. The lowest BCUT2D eigenvalue weighted by atomic mass is 9.79. The van der Waals surface area contributed by atoms with Gasteiger partial charge in [-0.05, 0) is 106 Å². The fraction of sp³-hybridized carbons (Fsp3) is 0.618. The lowest BCUT2D eigenvalue weighted by molar-refractivity contribution is -0.136. The van der Waals surface area contributed by atoms with Crippen LogP contribution in [0.15, 0.2) is 47.8 Å². The average molecular weight is 613 g/mol. The third kappa shape index (κ3) is 15.4. The van der Waals surface area contributed by atoms with Gasteiger partial charge in [-0.1, -0.05) is 51.0 Å². The van der Waals surface area contributed by atoms with E-state index in [1.165, 1.54) is 41.0 Å². The average Bonchev–Trinajstić information content (AvgIpc) is 3.83. The maximum absolute atomic E-state index is 12.2. The van der Waals surface area contributed by atoms with Crippen molar-refractivity contribution in [2.24, 2.45) is 16.8 Å². The van der Waals surface area contributed by atoms with Gasteiger partial charge < -0.3 is 26.4 Å². The summed E-state index contributed by atoms with van der Waals surface area (Å²) in [4.78, 5) is 39.4. The van der Waals surface area contributed by atoms with Gasteiger partial charge in [-0.2, -0.15) is 0 Å². The number of nitroso groups, excluding NO2 is 1. The van der Waals surface area contributed by atoms with E-state index in [1.807, 2.05) is 46.0 Å². The molecule has 5 N–H and O–H groups in total. The van der Waals surface area contributed by atoms with E-state index in [1.54, 1.807) is 19.2 Å². The first-order valence-electron chi connectivity index (χ1n) is 16.1. The summed E-state index contributed by atoms with van der Waals surface area (Å²) >= 11 is 0. The van der Waals surface area contributed by atoms with Crippen molar-refractivity contribution in [3.05, 3.63) is 64.3 Å². The number of aromatic nitrogens is 1. The largest absolute Gasteiger partial charge is 0.508 e. The van der Waals surface area contributed by atoms with Gasteiger partial charge in [0.15, 0.2) is 6.67 Å². The quantitative estimate of drug-likeness (QED) is 0.221. The van der Waals surface area contributed by atoms with Gasteiger partial charge in [-0.3, -0.25) is 14.6 Å². The highest BCUT2D eigenvalue weighted by molar-refractivity contribution is 5.87. The zero-order chi connectivity index (χ0) is 32.9. The second-order valence-corrected chi connectivity index (χ2v) is 11.4. The van der Waals surface area contributed by atoms with E-state index in [-0.39, 0.29) is 37.1 Å². The third-order valence-corrected chi connectivity index (χ3v) is 7.41. The van der Waals surface area contributed by atoms with Crippen LogP contribution < -0.4 is 16.4 Å². The molecule has 2 fully saturated rings. The number of nitrogens with two attached hydrogens (primary N) is 1. The van der Waals surface area contributed by atoms with E-state index in [0.717, 1.165) is 44.6 Å². The number of aryl methyl sites for hydroxylation is 2. The molecular weight excluding hydrogens is 556 g/mol. The van der Waals surface area contributed by atoms with E-state index in [9.17, 15) is 14.5 Å². The topological polar surface area (TPSA) is 150 Å². The van der Waals surface area contributed by atoms with Crippen LogP contribution in [-0.4, -0.2) is 65.7 Å². The molecule has 2 aromatic rings. The molecule has 2 aliphatic carbocycles. The number of phenols is 1. The highest BCUT2D eigenvalue weighted by Gasteiger charge is 2.37. The SMILES string of the molecule is CC.CCCNC(C(=O)N(C)CC(=O)NCN=O)C1CC1.C[C@@H](N)CCc1ncccc1C1CCC1.Cc1ccc(O)cc1. The minimum Gasteiger partial charge on any atom is -0.508 e. The highest BCUT2D eigenvalue weighted by atomic mass is 16.3. The number of hydrogen-bond donors (Lipinski definition) is 4. The predicted molar refractivity (Wildman–Crippen MR) is 178 cm³/mol. The highest BCUT2D eigenvalue weighted by Crippen LogP contribution is 2.37. The molecule has 0 aliphatic heterocycles. The van der Waals surface area contributed by atoms with Gasteiger partial charge in [-0.15, -0.1) is 4.91 Å². The van der Waals surface area contributed by atoms with E-state index >= 15 is 0 Å². The Morgan fingerprint density at radius 1 is 1.14 bits per heavy atom. The number of benzene rings is 1. The number of aromatic hydroxyl groups is 1. The van der Waals surface area contributed by atoms with Crippen LogP contribution in [0, 0.1) is 17.7 Å². The van der Waals surface area contributed by atoms with Crippen LogP contribution in [0.3, 0.4) is 0 Å². The zero-order valence-corrected chi connectivity index (χ0v) is 27.7. The predicted octanol–water partition coefficient (Wildman–Crippen LogP) is 5.42. The number of pyridine rings is 1. The summed E-state index contributed by atoms with van der Waals surface area (Å²) in [6.45, 7) is 10.6. The normalized spacial score (nSPS) is 14.9. The fourth-order valence-electron chi connectivity index (χ4n) is 4.55. The molecule has 2 aliphatic rings. The molecule has 2 saturated carbocycles. The van der Waals surface area contributed by atoms with Gasteiger partial charge in [0.25, 0.3) is 0 Å². The zero-order valence-electron chi connectivity index (χ0n) is 27.7. The number of hydrogen-bond acceptors (Lipinski definition) is 8. The molecule has 2 amide bonds. The molecule has 1 heterocycles. The third-order valence-electron chi connectivity index (χ3n) is 7.41. The lowest BCUT2D eigenvalue weighted by Crippen LogP contribution is -2.49. The van der Waals surface area contributed by atoms with Crippen molar-refractivity contribution in [2.45, 2.75) is 104 Å². The first-order valence-corrected chi connectivity index (χ1v) is 16.1. The summed E-state index contributed by atoms with van der Waals surface area (Å²) in [6.07, 6.45) is 11.1. The number of carbonyl (C=O) groups is 2. The summed E-state index contributed by atoms with van der Waals surface area (Å²) in [6, 6.07) is 11.5. The molecule has 1 aromatic heterocycles. The lowest BCUT2D eigenvalue weighted by Gasteiger charge is -2.27. The molecule has 44 heavy (non-hydrogen) atoms. The fourth-order valence-corrected chi connectivity index (χ4v) is 4.55. The number of rotatable bonds is 13. The molecule has 0 spiro atoms. The summed E-state index contributed by atoms with van der Waals surface area (Å²) in [5.41, 5.74) is 9.71. The van der Waals surface area contributed by atoms with Gasteiger partial charge in [-0.25, -0.2) is 0 Å². The van der Waals surface area contributed by atoms with E-state index in [4.69, 9.17) is 10.8 Å². The van der Waals surface area contributed by atoms with Gasteiger partial charge in [0, 0.05) is 25.0 Å². The van der Waals surface area contributed by atoms with Gasteiger partial charge >= 0.3 is 0 Å². The van der Waals surface area contributed by atoms with E-state index < -0.39 is 0 Å². The van der Waals surface area contributed by atoms with Crippen LogP contribution in [0.1, 0.15) is 95.4 Å². The number of phenolic OH excluding ortho intramolecular Hbond substituents is 1. The Balaban J connectivity index is 0.000000343. The summed E-state index contributed by atoms with van der Waals surface area (Å²) < 4.78 is 0. The summed E-state index contributed by atoms with van der Waals surface area (Å²) in [5, 5.41) is 16.9. The van der Waals surface area contributed by atoms with Crippen LogP contribution in [0.5, 0.6) is 5.75 Å². The first kappa shape index (κ1) is 38.7. The van der Waals surface area contributed by atoms with Crippen molar-refractivity contribution in [3.63, 3.8) is 0 Å². The Labute approximate surface area is 264 Å². The Hall–Kier alpha value is -3.37. The number of nitrogens with one attached hydrogen (secondary N) is 2. The number of carbonyl (C=O) groups excluding carboxylic acids is 2. The number of nitrogens with zero attached hydrogens (tertiary/aromatic N) is 3. The van der Waals surface area contributed by atoms with Crippen molar-refractivity contribution in [1.82, 2.24) is 20.5 Å². The molecule has 2 atom stereocenters. The summed E-state index contributed by atoms with van der Waals surface area (Å²) in [7, 11) is 1.60. The van der Waals surface area contributed by atoms with Crippen LogP contribution in [0.2, 0.25) is 0 Å². The molecule has 0 bridgehead atoms. The van der Waals surface area contributed by atoms with Crippen molar-refractivity contribution in [3.8, 4) is 5.75 Å². The molecule has 246 valence electrons. The molecule has 10 heteroatoms. The maximum Gasteiger partial charge on any atom is 0.241 e. The molecule has 0 saturated heterocycles. The standard InChI is InChI=1S/C13H20N2.C12H22N4O3.C7H8O.C2H6/c1-10(14)7-8-13-12(6-3-9-15-13)11-4-2-5-11;1-3-6-13-11(9-4-5-9)12(18)16(2)7-10(17)14-8-15-19;1-6-2-4-7(8)5-3-6;1-2/h3,6,9-11H,2,4-5,7-8,14H2,1H3;9,11,13H,3-8H2,1-2H3,(H,14,17);2-5,8H,1H3;1-2H3/t10-;;;/m1.../s1. The molecule has 1 unspecified atom stereocenters. The van der Waals surface area contributed by atoms with Crippen LogP contribution >= 0.6 is 0 Å². The second-order valence-electron chi connectivity index (χ2n) is 11.4.